The highest BCUT2D eigenvalue weighted by molar-refractivity contribution is 7.89. The van der Waals surface area contributed by atoms with E-state index in [9.17, 15) is 18.0 Å². The molecule has 0 saturated carbocycles. The van der Waals surface area contributed by atoms with Crippen LogP contribution in [-0.2, 0) is 10.0 Å². The maximum Gasteiger partial charge on any atom is 0.283 e. The second-order valence-electron chi connectivity index (χ2n) is 7.07. The Labute approximate surface area is 193 Å². The number of carbonyl (C=O) groups is 2. The standard InChI is InChI=1S/C17H19Cl3N6O4S/c1-8-12(18)13(19)14(21-8)16(28)22-9-3-5-26(6-4-9)11-7-10(23-17(20)24-11)15(27)25-31(2,29)30/h7,9,21H,3-6H2,1-2H3,(H,22,28)(H,25,27). The first-order valence-electron chi connectivity index (χ1n) is 9.10. The van der Waals surface area contributed by atoms with Crippen molar-refractivity contribution < 1.29 is 18.0 Å². The average Bonchev–Trinajstić information content (AvgIpc) is 2.94. The van der Waals surface area contributed by atoms with Crippen LogP contribution in [0.2, 0.25) is 15.3 Å². The lowest BCUT2D eigenvalue weighted by atomic mass is 10.0. The number of H-pyrrole nitrogens is 1. The normalized spacial score (nSPS) is 15.1. The highest BCUT2D eigenvalue weighted by atomic mass is 35.5. The molecule has 168 valence electrons. The fourth-order valence-corrected chi connectivity index (χ4v) is 4.18. The Bertz CT molecular complexity index is 1130. The van der Waals surface area contributed by atoms with Crippen molar-refractivity contribution in [1.29, 1.82) is 0 Å². The molecule has 0 radical (unpaired) electrons. The van der Waals surface area contributed by atoms with Crippen LogP contribution in [-0.4, -0.2) is 60.6 Å². The van der Waals surface area contributed by atoms with Gasteiger partial charge in [-0.05, 0) is 31.4 Å². The molecule has 0 spiro atoms. The maximum atomic E-state index is 12.5. The van der Waals surface area contributed by atoms with Gasteiger partial charge in [0.15, 0.2) is 0 Å². The van der Waals surface area contributed by atoms with E-state index in [-0.39, 0.29) is 33.6 Å². The second-order valence-corrected chi connectivity index (χ2v) is 9.91. The molecule has 0 atom stereocenters. The first kappa shape index (κ1) is 23.6. The number of halogens is 3. The van der Waals surface area contributed by atoms with Crippen molar-refractivity contribution in [2.24, 2.45) is 0 Å². The highest BCUT2D eigenvalue weighted by Crippen LogP contribution is 2.29. The maximum absolute atomic E-state index is 12.5. The summed E-state index contributed by atoms with van der Waals surface area (Å²) in [5.74, 6) is -0.853. The van der Waals surface area contributed by atoms with Gasteiger partial charge in [0.1, 0.15) is 17.2 Å². The number of hydrogen-bond donors (Lipinski definition) is 3. The Balaban J connectivity index is 1.65. The summed E-state index contributed by atoms with van der Waals surface area (Å²) in [5, 5.41) is 3.25. The molecule has 3 rings (SSSR count). The summed E-state index contributed by atoms with van der Waals surface area (Å²) in [6.07, 6.45) is 2.07. The van der Waals surface area contributed by atoms with Gasteiger partial charge in [-0.15, -0.1) is 0 Å². The van der Waals surface area contributed by atoms with Crippen molar-refractivity contribution in [2.75, 3.05) is 24.2 Å². The van der Waals surface area contributed by atoms with Crippen molar-refractivity contribution in [1.82, 2.24) is 25.0 Å². The summed E-state index contributed by atoms with van der Waals surface area (Å²) in [5.41, 5.74) is 0.670. The van der Waals surface area contributed by atoms with Gasteiger partial charge in [-0.2, -0.15) is 0 Å². The molecule has 0 aromatic carbocycles. The molecule has 1 aliphatic rings. The van der Waals surface area contributed by atoms with Crippen LogP contribution in [0.15, 0.2) is 6.07 Å². The van der Waals surface area contributed by atoms with Crippen molar-refractivity contribution in [3.05, 3.63) is 38.5 Å². The molecule has 1 fully saturated rings. The number of piperidine rings is 1. The van der Waals surface area contributed by atoms with Crippen LogP contribution in [0.25, 0.3) is 0 Å². The van der Waals surface area contributed by atoms with Gasteiger partial charge in [-0.1, -0.05) is 23.2 Å². The molecule has 31 heavy (non-hydrogen) atoms. The first-order chi connectivity index (χ1) is 14.4. The van der Waals surface area contributed by atoms with Gasteiger partial charge in [0.25, 0.3) is 11.8 Å². The molecule has 0 unspecified atom stereocenters. The Morgan fingerprint density at radius 1 is 1.13 bits per heavy atom. The lowest BCUT2D eigenvalue weighted by Crippen LogP contribution is -2.45. The summed E-state index contributed by atoms with van der Waals surface area (Å²) < 4.78 is 24.4. The molecule has 14 heteroatoms. The third-order valence-electron chi connectivity index (χ3n) is 4.63. The molecule has 0 aliphatic carbocycles. The van der Waals surface area contributed by atoms with E-state index < -0.39 is 15.9 Å². The minimum atomic E-state index is -3.75. The summed E-state index contributed by atoms with van der Waals surface area (Å²) in [6.45, 7) is 2.76. The Hall–Kier alpha value is -2.08. The zero-order chi connectivity index (χ0) is 22.9. The Kier molecular flexibility index (Phi) is 6.99. The molecular weight excluding hydrogens is 491 g/mol. The fourth-order valence-electron chi connectivity index (χ4n) is 3.14. The quantitative estimate of drug-likeness (QED) is 0.525. The minimum absolute atomic E-state index is 0.104. The van der Waals surface area contributed by atoms with Crippen LogP contribution < -0.4 is 14.9 Å². The molecule has 1 aliphatic heterocycles. The van der Waals surface area contributed by atoms with Crippen molar-refractivity contribution >= 4 is 62.5 Å². The third kappa shape index (κ3) is 5.79. The van der Waals surface area contributed by atoms with E-state index in [4.69, 9.17) is 34.8 Å². The predicted molar refractivity (Wildman–Crippen MR) is 118 cm³/mol. The van der Waals surface area contributed by atoms with Gasteiger partial charge in [0.05, 0.1) is 16.3 Å². The first-order valence-corrected chi connectivity index (χ1v) is 12.1. The summed E-state index contributed by atoms with van der Waals surface area (Å²) in [7, 11) is -3.75. The SMILES string of the molecule is Cc1[nH]c(C(=O)NC2CCN(c3cc(C(=O)NS(C)(=O)=O)nc(Cl)n3)CC2)c(Cl)c1Cl. The number of anilines is 1. The number of nitrogens with zero attached hydrogens (tertiary/aromatic N) is 3. The molecule has 2 amide bonds. The molecule has 3 heterocycles. The lowest BCUT2D eigenvalue weighted by molar-refractivity contribution is 0.0925. The number of aromatic nitrogens is 3. The van der Waals surface area contributed by atoms with Crippen LogP contribution in [0, 0.1) is 6.92 Å². The van der Waals surface area contributed by atoms with Gasteiger partial charge in [-0.3, -0.25) is 9.59 Å². The second kappa shape index (κ2) is 9.19. The zero-order valence-electron chi connectivity index (χ0n) is 16.5. The van der Waals surface area contributed by atoms with Gasteiger partial charge < -0.3 is 15.2 Å². The van der Waals surface area contributed by atoms with E-state index in [2.05, 4.69) is 20.3 Å². The topological polar surface area (TPSA) is 137 Å². The van der Waals surface area contributed by atoms with Gasteiger partial charge in [-0.25, -0.2) is 23.1 Å². The molecule has 3 N–H and O–H groups in total. The molecule has 2 aromatic rings. The lowest BCUT2D eigenvalue weighted by Gasteiger charge is -2.33. The van der Waals surface area contributed by atoms with Crippen LogP contribution >= 0.6 is 34.8 Å². The van der Waals surface area contributed by atoms with Crippen molar-refractivity contribution in [3.8, 4) is 0 Å². The number of aryl methyl sites for hydroxylation is 1. The highest BCUT2D eigenvalue weighted by Gasteiger charge is 2.26. The summed E-state index contributed by atoms with van der Waals surface area (Å²) >= 11 is 18.0. The molecule has 0 bridgehead atoms. The van der Waals surface area contributed by atoms with E-state index in [1.165, 1.54) is 6.07 Å². The third-order valence-corrected chi connectivity index (χ3v) is 6.30. The van der Waals surface area contributed by atoms with E-state index in [1.807, 2.05) is 9.62 Å². The number of aromatic amines is 1. The van der Waals surface area contributed by atoms with E-state index >= 15 is 0 Å². The molecule has 2 aromatic heterocycles. The fraction of sp³-hybridized carbons (Fsp3) is 0.412. The smallest absolute Gasteiger partial charge is 0.283 e. The van der Waals surface area contributed by atoms with Gasteiger partial charge in [0, 0.05) is 30.9 Å². The van der Waals surface area contributed by atoms with Crippen LogP contribution in [0.1, 0.15) is 39.5 Å². The molecule has 10 nitrogen and oxygen atoms in total. The molecule has 1 saturated heterocycles. The van der Waals surface area contributed by atoms with E-state index in [0.717, 1.165) is 6.26 Å². The van der Waals surface area contributed by atoms with Crippen LogP contribution in [0.3, 0.4) is 0 Å². The number of amides is 2. The predicted octanol–water partition coefficient (Wildman–Crippen LogP) is 2.16. The Morgan fingerprint density at radius 3 is 2.32 bits per heavy atom. The van der Waals surface area contributed by atoms with Crippen molar-refractivity contribution in [3.63, 3.8) is 0 Å². The van der Waals surface area contributed by atoms with E-state index in [0.29, 0.717) is 42.5 Å². The number of carbonyl (C=O) groups excluding carboxylic acids is 2. The summed E-state index contributed by atoms with van der Waals surface area (Å²) in [4.78, 5) is 37.2. The average molecular weight is 510 g/mol. The van der Waals surface area contributed by atoms with Crippen molar-refractivity contribution in [2.45, 2.75) is 25.8 Å². The number of rotatable bonds is 5. The molecular formula is C17H19Cl3N6O4S. The minimum Gasteiger partial charge on any atom is -0.356 e. The van der Waals surface area contributed by atoms with Crippen LogP contribution in [0.4, 0.5) is 5.82 Å². The van der Waals surface area contributed by atoms with Gasteiger partial charge >= 0.3 is 0 Å². The Morgan fingerprint density at radius 2 is 1.77 bits per heavy atom. The zero-order valence-corrected chi connectivity index (χ0v) is 19.6. The van der Waals surface area contributed by atoms with Gasteiger partial charge in [0.2, 0.25) is 15.3 Å². The number of hydrogen-bond acceptors (Lipinski definition) is 7. The number of sulfonamides is 1. The largest absolute Gasteiger partial charge is 0.356 e. The number of nitrogens with one attached hydrogen (secondary N) is 3. The van der Waals surface area contributed by atoms with E-state index in [1.54, 1.807) is 6.92 Å². The monoisotopic (exact) mass is 508 g/mol. The van der Waals surface area contributed by atoms with Crippen LogP contribution in [0.5, 0.6) is 0 Å². The summed E-state index contributed by atoms with van der Waals surface area (Å²) in [6, 6.07) is 1.27.